The van der Waals surface area contributed by atoms with Gasteiger partial charge >= 0.3 is 0 Å². The summed E-state index contributed by atoms with van der Waals surface area (Å²) in [6.07, 6.45) is 2.39. The molecule has 0 fully saturated rings. The molecule has 0 saturated heterocycles. The summed E-state index contributed by atoms with van der Waals surface area (Å²) in [5.74, 6) is 0. The second-order valence-corrected chi connectivity index (χ2v) is 3.69. The van der Waals surface area contributed by atoms with E-state index in [1.165, 1.54) is 34.1 Å². The fourth-order valence-corrected chi connectivity index (χ4v) is 1.63. The first kappa shape index (κ1) is 9.01. The van der Waals surface area contributed by atoms with Crippen LogP contribution in [-0.2, 0) is 6.42 Å². The molecule has 1 aromatic rings. The third-order valence-corrected chi connectivity index (χ3v) is 2.68. The zero-order valence-corrected chi connectivity index (χ0v) is 8.29. The predicted molar refractivity (Wildman–Crippen MR) is 55.3 cm³/mol. The predicted octanol–water partition coefficient (Wildman–Crippen LogP) is 3.58. The molecule has 0 amide bonds. The van der Waals surface area contributed by atoms with Crippen molar-refractivity contribution >= 4 is 22.5 Å². The van der Waals surface area contributed by atoms with Gasteiger partial charge in [-0.05, 0) is 24.1 Å². The number of aryl methyl sites for hydroxylation is 1. The van der Waals surface area contributed by atoms with Crippen LogP contribution in [0.2, 0.25) is 0 Å². The van der Waals surface area contributed by atoms with Gasteiger partial charge in [0, 0.05) is 4.90 Å². The Morgan fingerprint density at radius 1 is 1.27 bits per heavy atom. The zero-order valence-electron chi connectivity index (χ0n) is 6.58. The van der Waals surface area contributed by atoms with Crippen molar-refractivity contribution in [1.82, 2.24) is 0 Å². The van der Waals surface area contributed by atoms with E-state index in [9.17, 15) is 0 Å². The summed E-state index contributed by atoms with van der Waals surface area (Å²) in [5.41, 5.74) is 1.42. The molecule has 0 heterocycles. The lowest BCUT2D eigenvalue weighted by atomic mass is 10.1. The topological polar surface area (TPSA) is 0 Å². The Balaban J connectivity index is 2.66. The monoisotopic (exact) mass is 184 g/mol. The van der Waals surface area contributed by atoms with Crippen LogP contribution in [-0.4, -0.2) is 0 Å². The largest absolute Gasteiger partial charge is 0.106 e. The highest BCUT2D eigenvalue weighted by Crippen LogP contribution is 2.21. The summed E-state index contributed by atoms with van der Waals surface area (Å²) in [5, 5.41) is 0. The molecule has 2 heteroatoms. The van der Waals surface area contributed by atoms with Gasteiger partial charge in [0.15, 0.2) is 0 Å². The molecule has 0 unspecified atom stereocenters. The van der Waals surface area contributed by atoms with Crippen LogP contribution in [0.15, 0.2) is 29.2 Å². The molecule has 1 aromatic carbocycles. The summed E-state index contributed by atoms with van der Waals surface area (Å²) in [7, 11) is 1.49. The van der Waals surface area contributed by atoms with Crippen LogP contribution >= 0.6 is 22.5 Å². The quantitative estimate of drug-likeness (QED) is 0.553. The summed E-state index contributed by atoms with van der Waals surface area (Å²) >= 11 is 4.11. The third kappa shape index (κ3) is 2.80. The Kier molecular flexibility index (Phi) is 3.87. The molecule has 0 nitrogen and oxygen atoms in total. The molecule has 0 saturated carbocycles. The van der Waals surface area contributed by atoms with Gasteiger partial charge in [-0.1, -0.05) is 36.3 Å². The normalized spacial score (nSPS) is 10.0. The molecule has 60 valence electrons. The van der Waals surface area contributed by atoms with Crippen molar-refractivity contribution in [2.75, 3.05) is 0 Å². The van der Waals surface area contributed by atoms with Gasteiger partial charge in [0.05, 0.1) is 0 Å². The van der Waals surface area contributed by atoms with Crippen molar-refractivity contribution in [2.24, 2.45) is 0 Å². The van der Waals surface area contributed by atoms with Crippen molar-refractivity contribution < 1.29 is 0 Å². The van der Waals surface area contributed by atoms with Crippen molar-refractivity contribution in [3.8, 4) is 0 Å². The molecule has 0 N–H and O–H groups in total. The minimum Gasteiger partial charge on any atom is -0.106 e. The SMILES string of the molecule is CCCc1ccc(SS)cc1. The summed E-state index contributed by atoms with van der Waals surface area (Å²) in [6.45, 7) is 2.20. The zero-order chi connectivity index (χ0) is 8.10. The Morgan fingerprint density at radius 3 is 2.36 bits per heavy atom. The average molecular weight is 184 g/mol. The molecule has 0 aliphatic heterocycles. The highest BCUT2D eigenvalue weighted by Gasteiger charge is 1.91. The van der Waals surface area contributed by atoms with Crippen LogP contribution in [0.4, 0.5) is 0 Å². The molecule has 0 bridgehead atoms. The molecule has 0 aliphatic rings. The number of rotatable bonds is 3. The number of hydrogen-bond donors (Lipinski definition) is 1. The van der Waals surface area contributed by atoms with E-state index in [4.69, 9.17) is 0 Å². The van der Waals surface area contributed by atoms with E-state index in [0.717, 1.165) is 0 Å². The molecular formula is C9H12S2. The van der Waals surface area contributed by atoms with Gasteiger partial charge < -0.3 is 0 Å². The first-order valence-electron chi connectivity index (χ1n) is 3.77. The second-order valence-electron chi connectivity index (χ2n) is 2.49. The highest BCUT2D eigenvalue weighted by atomic mass is 33.1. The first-order valence-corrected chi connectivity index (χ1v) is 5.64. The lowest BCUT2D eigenvalue weighted by Gasteiger charge is -1.98. The maximum Gasteiger partial charge on any atom is 0.0180 e. The van der Waals surface area contributed by atoms with Gasteiger partial charge in [-0.2, -0.15) is 0 Å². The van der Waals surface area contributed by atoms with Crippen molar-refractivity contribution in [3.63, 3.8) is 0 Å². The van der Waals surface area contributed by atoms with Crippen LogP contribution in [0.5, 0.6) is 0 Å². The van der Waals surface area contributed by atoms with E-state index in [1.807, 2.05) is 0 Å². The number of benzene rings is 1. The van der Waals surface area contributed by atoms with Gasteiger partial charge in [0.2, 0.25) is 0 Å². The average Bonchev–Trinajstić information content (AvgIpc) is 2.07. The lowest BCUT2D eigenvalue weighted by Crippen LogP contribution is -1.80. The van der Waals surface area contributed by atoms with Gasteiger partial charge in [0.25, 0.3) is 0 Å². The van der Waals surface area contributed by atoms with E-state index in [1.54, 1.807) is 0 Å². The maximum absolute atomic E-state index is 4.11. The minimum atomic E-state index is 1.18. The van der Waals surface area contributed by atoms with Gasteiger partial charge in [-0.25, -0.2) is 0 Å². The Bertz CT molecular complexity index is 203. The molecule has 0 atom stereocenters. The number of hydrogen-bond acceptors (Lipinski definition) is 2. The third-order valence-electron chi connectivity index (χ3n) is 1.57. The minimum absolute atomic E-state index is 1.18. The van der Waals surface area contributed by atoms with Crippen LogP contribution in [0.1, 0.15) is 18.9 Å². The smallest absolute Gasteiger partial charge is 0.0180 e. The van der Waals surface area contributed by atoms with E-state index in [2.05, 4.69) is 42.9 Å². The van der Waals surface area contributed by atoms with E-state index >= 15 is 0 Å². The van der Waals surface area contributed by atoms with Crippen molar-refractivity contribution in [3.05, 3.63) is 29.8 Å². The van der Waals surface area contributed by atoms with Crippen molar-refractivity contribution in [1.29, 1.82) is 0 Å². The summed E-state index contributed by atoms with van der Waals surface area (Å²) < 4.78 is 0. The molecular weight excluding hydrogens is 172 g/mol. The van der Waals surface area contributed by atoms with E-state index < -0.39 is 0 Å². The Morgan fingerprint density at radius 2 is 1.91 bits per heavy atom. The fourth-order valence-electron chi connectivity index (χ4n) is 1.01. The van der Waals surface area contributed by atoms with Crippen LogP contribution in [0.25, 0.3) is 0 Å². The summed E-state index contributed by atoms with van der Waals surface area (Å²) in [4.78, 5) is 1.22. The lowest BCUT2D eigenvalue weighted by molar-refractivity contribution is 0.920. The molecule has 0 aromatic heterocycles. The molecule has 0 spiro atoms. The fraction of sp³-hybridized carbons (Fsp3) is 0.333. The van der Waals surface area contributed by atoms with Gasteiger partial charge in [0.1, 0.15) is 0 Å². The van der Waals surface area contributed by atoms with Crippen LogP contribution in [0, 0.1) is 0 Å². The maximum atomic E-state index is 4.11. The van der Waals surface area contributed by atoms with Gasteiger partial charge in [-0.15, -0.1) is 11.7 Å². The van der Waals surface area contributed by atoms with E-state index in [0.29, 0.717) is 0 Å². The molecule has 0 radical (unpaired) electrons. The Labute approximate surface area is 77.2 Å². The summed E-state index contributed by atoms with van der Waals surface area (Å²) in [6, 6.07) is 8.56. The van der Waals surface area contributed by atoms with Crippen LogP contribution in [0.3, 0.4) is 0 Å². The number of thiol groups is 1. The van der Waals surface area contributed by atoms with Crippen LogP contribution < -0.4 is 0 Å². The first-order chi connectivity index (χ1) is 5.36. The van der Waals surface area contributed by atoms with Crippen molar-refractivity contribution in [2.45, 2.75) is 24.7 Å². The molecule has 0 aliphatic carbocycles. The van der Waals surface area contributed by atoms with Gasteiger partial charge in [-0.3, -0.25) is 0 Å². The standard InChI is InChI=1S/C9H12S2/c1-2-3-8-4-6-9(11-10)7-5-8/h4-7,10H,2-3H2,1H3. The molecule has 11 heavy (non-hydrogen) atoms. The Hall–Kier alpha value is -0.0800. The van der Waals surface area contributed by atoms with E-state index in [-0.39, 0.29) is 0 Å². The second kappa shape index (κ2) is 4.73. The highest BCUT2D eigenvalue weighted by molar-refractivity contribution is 8.68. The molecule has 1 rings (SSSR count).